The van der Waals surface area contributed by atoms with Crippen LogP contribution >= 0.6 is 23.2 Å². The Labute approximate surface area is 96.6 Å². The first kappa shape index (κ1) is 11.6. The molecule has 0 fully saturated rings. The molecule has 1 aromatic rings. The third-order valence-electron chi connectivity index (χ3n) is 1.42. The molecule has 8 N–H and O–H groups in total. The van der Waals surface area contributed by atoms with Gasteiger partial charge in [0.05, 0.1) is 0 Å². The Balaban J connectivity index is 3.03. The second-order valence-corrected chi connectivity index (χ2v) is 3.65. The van der Waals surface area contributed by atoms with Gasteiger partial charge in [0.2, 0.25) is 0 Å². The first-order valence-corrected chi connectivity index (χ1v) is 4.73. The molecule has 0 saturated carbocycles. The summed E-state index contributed by atoms with van der Waals surface area (Å²) in [6.45, 7) is 0. The number of nitrogens with one attached hydrogen (secondary N) is 2. The maximum absolute atomic E-state index is 5.79. The van der Waals surface area contributed by atoms with Gasteiger partial charge >= 0.3 is 11.9 Å². The molecule has 15 heavy (non-hydrogen) atoms. The highest BCUT2D eigenvalue weighted by Crippen LogP contribution is 2.18. The molecule has 1 rings (SSSR count). The normalized spacial score (nSPS) is 11.2. The monoisotopic (exact) mass is 247 g/mol. The van der Waals surface area contributed by atoms with Gasteiger partial charge < -0.3 is 0 Å². The fraction of sp³-hybridized carbons (Fsp3) is 0. The molecule has 0 heterocycles. The van der Waals surface area contributed by atoms with Crippen LogP contribution in [0.2, 0.25) is 10.0 Å². The van der Waals surface area contributed by atoms with Crippen molar-refractivity contribution in [2.75, 3.05) is 0 Å². The van der Waals surface area contributed by atoms with Crippen LogP contribution in [0.4, 0.5) is 5.69 Å². The highest BCUT2D eigenvalue weighted by Gasteiger charge is 2.02. The summed E-state index contributed by atoms with van der Waals surface area (Å²) in [6, 6.07) is 4.94. The molecule has 0 spiro atoms. The summed E-state index contributed by atoms with van der Waals surface area (Å²) in [5.74, 6) is 0.182. The molecule has 0 bridgehead atoms. The van der Waals surface area contributed by atoms with Crippen molar-refractivity contribution < 1.29 is 9.98 Å². The van der Waals surface area contributed by atoms with E-state index >= 15 is 0 Å². The number of hydrogen-bond donors (Lipinski definition) is 5. The van der Waals surface area contributed by atoms with Gasteiger partial charge in [0.25, 0.3) is 0 Å². The van der Waals surface area contributed by atoms with Crippen molar-refractivity contribution in [3.8, 4) is 0 Å². The van der Waals surface area contributed by atoms with E-state index in [1.54, 1.807) is 18.2 Å². The minimum atomic E-state index is -0.00637. The highest BCUT2D eigenvalue weighted by molar-refractivity contribution is 6.34. The van der Waals surface area contributed by atoms with Gasteiger partial charge in [-0.25, -0.2) is 4.99 Å². The van der Waals surface area contributed by atoms with E-state index in [2.05, 4.69) is 9.98 Å². The Morgan fingerprint density at radius 3 is 2.00 bits per heavy atom. The summed E-state index contributed by atoms with van der Waals surface area (Å²) < 4.78 is 0. The quantitative estimate of drug-likeness (QED) is 0.277. The van der Waals surface area contributed by atoms with Crippen LogP contribution in [-0.2, 0) is 0 Å². The van der Waals surface area contributed by atoms with Crippen LogP contribution in [0.15, 0.2) is 18.2 Å². The van der Waals surface area contributed by atoms with Gasteiger partial charge in [-0.1, -0.05) is 23.2 Å². The van der Waals surface area contributed by atoms with Crippen LogP contribution in [0.5, 0.6) is 0 Å². The maximum Gasteiger partial charge on any atom is 0.390 e. The van der Waals surface area contributed by atoms with Gasteiger partial charge in [0.15, 0.2) is 0 Å². The van der Waals surface area contributed by atoms with Crippen molar-refractivity contribution in [3.63, 3.8) is 0 Å². The van der Waals surface area contributed by atoms with E-state index < -0.39 is 0 Å². The van der Waals surface area contributed by atoms with E-state index in [4.69, 9.17) is 40.4 Å². The van der Waals surface area contributed by atoms with E-state index in [0.29, 0.717) is 15.7 Å². The molecule has 5 nitrogen and oxygen atoms in total. The van der Waals surface area contributed by atoms with Crippen LogP contribution in [0.3, 0.4) is 0 Å². The Morgan fingerprint density at radius 2 is 1.53 bits per heavy atom. The standard InChI is InChI=1S/C8H9Cl2N5/c9-4-1-5(10)3-6(2-4)14-8(13)15-7(11)12/h1-3H,(H6,11,12,13,14,15)/p+2. The predicted molar refractivity (Wildman–Crippen MR) is 60.6 cm³/mol. The summed E-state index contributed by atoms with van der Waals surface area (Å²) >= 11 is 11.6. The lowest BCUT2D eigenvalue weighted by Crippen LogP contribution is -2.96. The molecule has 0 unspecified atom stereocenters. The van der Waals surface area contributed by atoms with E-state index in [-0.39, 0.29) is 11.9 Å². The number of benzene rings is 1. The Hall–Kier alpha value is -1.46. The lowest BCUT2D eigenvalue weighted by atomic mass is 10.3. The molecule has 0 aliphatic rings. The summed E-state index contributed by atoms with van der Waals surface area (Å²) in [7, 11) is 0. The number of nitrogens with two attached hydrogens (primary N) is 3. The number of guanidine groups is 2. The zero-order chi connectivity index (χ0) is 11.4. The average Bonchev–Trinajstić information content (AvgIpc) is 1.98. The Bertz CT molecular complexity index is 403. The highest BCUT2D eigenvalue weighted by atomic mass is 35.5. The zero-order valence-electron chi connectivity index (χ0n) is 7.72. The van der Waals surface area contributed by atoms with Gasteiger partial charge in [-0.3, -0.25) is 17.2 Å². The second-order valence-electron chi connectivity index (χ2n) is 2.78. The third kappa shape index (κ3) is 4.05. The molecule has 1 aromatic carbocycles. The lowest BCUT2D eigenvalue weighted by molar-refractivity contribution is -0.459. The molecule has 0 aliphatic heterocycles. The van der Waals surface area contributed by atoms with Gasteiger partial charge in [0, 0.05) is 10.0 Å². The first-order valence-electron chi connectivity index (χ1n) is 3.98. The fourth-order valence-electron chi connectivity index (χ4n) is 0.968. The van der Waals surface area contributed by atoms with Crippen molar-refractivity contribution in [2.45, 2.75) is 0 Å². The Morgan fingerprint density at radius 1 is 1.00 bits per heavy atom. The van der Waals surface area contributed by atoms with Gasteiger partial charge in [-0.05, 0) is 18.2 Å². The minimum absolute atomic E-state index is 0.00637. The average molecular weight is 248 g/mol. The summed E-state index contributed by atoms with van der Waals surface area (Å²) in [4.78, 5) is 5.29. The number of hydrogen-bond acceptors (Lipinski definition) is 0. The second kappa shape index (κ2) is 4.86. The van der Waals surface area contributed by atoms with Gasteiger partial charge in [-0.2, -0.15) is 4.99 Å². The summed E-state index contributed by atoms with van der Waals surface area (Å²) in [5.41, 5.74) is 16.6. The fourth-order valence-corrected chi connectivity index (χ4v) is 1.49. The summed E-state index contributed by atoms with van der Waals surface area (Å²) in [6.07, 6.45) is 0. The van der Waals surface area contributed by atoms with Crippen LogP contribution in [-0.4, -0.2) is 11.9 Å². The molecule has 0 aliphatic carbocycles. The molecule has 0 atom stereocenters. The van der Waals surface area contributed by atoms with Crippen molar-refractivity contribution in [1.29, 1.82) is 0 Å². The zero-order valence-corrected chi connectivity index (χ0v) is 9.23. The van der Waals surface area contributed by atoms with Crippen molar-refractivity contribution >= 4 is 40.8 Å². The molecule has 0 amide bonds. The molecule has 0 saturated heterocycles. The molecule has 0 aromatic heterocycles. The topological polar surface area (TPSA) is 106 Å². The van der Waals surface area contributed by atoms with Crippen LogP contribution in [0, 0.1) is 0 Å². The molecule has 7 heteroatoms. The van der Waals surface area contributed by atoms with Gasteiger partial charge in [0.1, 0.15) is 5.69 Å². The van der Waals surface area contributed by atoms with E-state index in [1.807, 2.05) is 0 Å². The minimum Gasteiger partial charge on any atom is -0.275 e. The van der Waals surface area contributed by atoms with Crippen molar-refractivity contribution in [2.24, 2.45) is 17.2 Å². The van der Waals surface area contributed by atoms with Crippen molar-refractivity contribution in [1.82, 2.24) is 0 Å². The third-order valence-corrected chi connectivity index (χ3v) is 1.86. The largest absolute Gasteiger partial charge is 0.390 e. The maximum atomic E-state index is 5.79. The van der Waals surface area contributed by atoms with Crippen molar-refractivity contribution in [3.05, 3.63) is 28.2 Å². The lowest BCUT2D eigenvalue weighted by Gasteiger charge is -1.95. The molecule has 80 valence electrons. The number of rotatable bonds is 1. The molecule has 0 radical (unpaired) electrons. The van der Waals surface area contributed by atoms with Gasteiger partial charge in [-0.15, -0.1) is 0 Å². The predicted octanol–water partition coefficient (Wildman–Crippen LogP) is -2.63. The number of halogens is 2. The molecular weight excluding hydrogens is 237 g/mol. The Kier molecular flexibility index (Phi) is 3.76. The van der Waals surface area contributed by atoms with Crippen LogP contribution in [0.25, 0.3) is 0 Å². The smallest absolute Gasteiger partial charge is 0.275 e. The first-order chi connectivity index (χ1) is 6.97. The van der Waals surface area contributed by atoms with Crippen LogP contribution in [0.1, 0.15) is 0 Å². The SMILES string of the molecule is NC(N)=[NH+]C(N)=[NH+]c1cc(Cl)cc(Cl)c1. The van der Waals surface area contributed by atoms with E-state index in [9.17, 15) is 0 Å². The molecular formula is C8H11Cl2N5+2. The van der Waals surface area contributed by atoms with Crippen LogP contribution < -0.4 is 27.2 Å². The summed E-state index contributed by atoms with van der Waals surface area (Å²) in [5, 5.41) is 1.00. The van der Waals surface area contributed by atoms with E-state index in [0.717, 1.165) is 0 Å². The van der Waals surface area contributed by atoms with E-state index in [1.165, 1.54) is 0 Å².